The number of halogens is 2. The van der Waals surface area contributed by atoms with Gasteiger partial charge in [-0.2, -0.15) is 0 Å². The van der Waals surface area contributed by atoms with E-state index in [4.69, 9.17) is 37.8 Å². The standard InChI is InChI=1S/C19H20Cl2N2O4/c20-16-9-22-10-17(21)15(16)12-27-14-3-1-13(2-4-14)18-11-23(7-8-26-18)6-5-19(24)25/h1-4,9-10,18H,5-8,11-12H2,(H,24,25). The molecule has 0 bridgehead atoms. The van der Waals surface area contributed by atoms with Crippen molar-refractivity contribution in [2.24, 2.45) is 0 Å². The van der Waals surface area contributed by atoms with Gasteiger partial charge in [0.25, 0.3) is 0 Å². The third kappa shape index (κ3) is 5.56. The second kappa shape index (κ2) is 9.37. The highest BCUT2D eigenvalue weighted by Crippen LogP contribution is 2.27. The minimum Gasteiger partial charge on any atom is -0.489 e. The van der Waals surface area contributed by atoms with Gasteiger partial charge in [-0.05, 0) is 17.7 Å². The number of carboxylic acid groups (broad SMARTS) is 1. The topological polar surface area (TPSA) is 71.9 Å². The van der Waals surface area contributed by atoms with Gasteiger partial charge in [-0.3, -0.25) is 14.7 Å². The van der Waals surface area contributed by atoms with Gasteiger partial charge in [0.15, 0.2) is 0 Å². The molecule has 1 aromatic heterocycles. The lowest BCUT2D eigenvalue weighted by atomic mass is 10.1. The van der Waals surface area contributed by atoms with Crippen molar-refractivity contribution in [1.82, 2.24) is 9.88 Å². The Balaban J connectivity index is 1.57. The van der Waals surface area contributed by atoms with Crippen molar-refractivity contribution < 1.29 is 19.4 Å². The molecule has 0 saturated carbocycles. The van der Waals surface area contributed by atoms with Crippen LogP contribution in [0, 0.1) is 0 Å². The van der Waals surface area contributed by atoms with Crippen LogP contribution in [0.15, 0.2) is 36.7 Å². The second-order valence-electron chi connectivity index (χ2n) is 6.24. The van der Waals surface area contributed by atoms with E-state index in [1.165, 1.54) is 12.4 Å². The summed E-state index contributed by atoms with van der Waals surface area (Å²) < 4.78 is 11.6. The molecule has 6 nitrogen and oxygen atoms in total. The van der Waals surface area contributed by atoms with Crippen LogP contribution >= 0.6 is 23.2 Å². The Hall–Kier alpha value is -1.86. The normalized spacial score (nSPS) is 17.6. The lowest BCUT2D eigenvalue weighted by Gasteiger charge is -2.32. The molecule has 27 heavy (non-hydrogen) atoms. The molecule has 0 radical (unpaired) electrons. The quantitative estimate of drug-likeness (QED) is 0.747. The van der Waals surface area contributed by atoms with Crippen LogP contribution in [0.5, 0.6) is 5.75 Å². The Bertz CT molecular complexity index is 766. The van der Waals surface area contributed by atoms with Crippen molar-refractivity contribution in [1.29, 1.82) is 0 Å². The van der Waals surface area contributed by atoms with Crippen LogP contribution in [0.2, 0.25) is 10.0 Å². The van der Waals surface area contributed by atoms with Crippen molar-refractivity contribution >= 4 is 29.2 Å². The Morgan fingerprint density at radius 2 is 1.96 bits per heavy atom. The summed E-state index contributed by atoms with van der Waals surface area (Å²) in [7, 11) is 0. The second-order valence-corrected chi connectivity index (χ2v) is 7.06. The largest absolute Gasteiger partial charge is 0.489 e. The van der Waals surface area contributed by atoms with E-state index in [9.17, 15) is 4.79 Å². The van der Waals surface area contributed by atoms with Gasteiger partial charge in [0.2, 0.25) is 0 Å². The molecule has 1 aliphatic heterocycles. The fourth-order valence-electron chi connectivity index (χ4n) is 2.87. The summed E-state index contributed by atoms with van der Waals surface area (Å²) in [5, 5.41) is 9.77. The number of nitrogens with zero attached hydrogens (tertiary/aromatic N) is 2. The van der Waals surface area contributed by atoms with Crippen molar-refractivity contribution in [3.8, 4) is 5.75 Å². The molecule has 2 heterocycles. The van der Waals surface area contributed by atoms with Gasteiger partial charge in [-0.15, -0.1) is 0 Å². The summed E-state index contributed by atoms with van der Waals surface area (Å²) in [6.07, 6.45) is 3.13. The minimum atomic E-state index is -0.783. The molecule has 0 spiro atoms. The van der Waals surface area contributed by atoms with E-state index in [1.807, 2.05) is 24.3 Å². The van der Waals surface area contributed by atoms with Crippen molar-refractivity contribution in [2.45, 2.75) is 19.1 Å². The van der Waals surface area contributed by atoms with Gasteiger partial charge < -0.3 is 14.6 Å². The van der Waals surface area contributed by atoms with Crippen LogP contribution in [0.1, 0.15) is 23.7 Å². The van der Waals surface area contributed by atoms with Crippen molar-refractivity contribution in [3.63, 3.8) is 0 Å². The lowest BCUT2D eigenvalue weighted by Crippen LogP contribution is -2.39. The molecule has 1 N–H and O–H groups in total. The third-order valence-electron chi connectivity index (χ3n) is 4.38. The van der Waals surface area contributed by atoms with E-state index >= 15 is 0 Å². The van der Waals surface area contributed by atoms with Crippen LogP contribution in [-0.4, -0.2) is 47.2 Å². The number of aliphatic carboxylic acids is 1. The van der Waals surface area contributed by atoms with E-state index in [-0.39, 0.29) is 19.1 Å². The zero-order valence-corrected chi connectivity index (χ0v) is 16.1. The van der Waals surface area contributed by atoms with Crippen LogP contribution in [0.25, 0.3) is 0 Å². The molecule has 0 amide bonds. The molecule has 1 atom stereocenters. The number of pyridine rings is 1. The third-order valence-corrected chi connectivity index (χ3v) is 5.03. The number of hydrogen-bond acceptors (Lipinski definition) is 5. The first-order chi connectivity index (χ1) is 13.0. The summed E-state index contributed by atoms with van der Waals surface area (Å²) in [5.41, 5.74) is 1.73. The van der Waals surface area contributed by atoms with Crippen LogP contribution < -0.4 is 4.74 Å². The van der Waals surface area contributed by atoms with Crippen LogP contribution in [0.3, 0.4) is 0 Å². The first-order valence-corrected chi connectivity index (χ1v) is 9.35. The minimum absolute atomic E-state index is 0.0781. The molecule has 1 aromatic carbocycles. The molecular formula is C19H20Cl2N2O4. The predicted octanol–water partition coefficient (Wildman–Crippen LogP) is 3.82. The summed E-state index contributed by atoms with van der Waals surface area (Å²) >= 11 is 12.2. The molecule has 1 aliphatic rings. The summed E-state index contributed by atoms with van der Waals surface area (Å²) in [6.45, 7) is 2.79. The molecule has 0 aliphatic carbocycles. The van der Waals surface area contributed by atoms with Crippen LogP contribution in [0.4, 0.5) is 0 Å². The number of carbonyl (C=O) groups is 1. The van der Waals surface area contributed by atoms with Crippen molar-refractivity contribution in [3.05, 3.63) is 57.8 Å². The van der Waals surface area contributed by atoms with Crippen molar-refractivity contribution in [2.75, 3.05) is 26.2 Å². The number of rotatable bonds is 7. The maximum atomic E-state index is 10.7. The smallest absolute Gasteiger partial charge is 0.304 e. The molecule has 8 heteroatoms. The maximum Gasteiger partial charge on any atom is 0.304 e. The van der Waals surface area contributed by atoms with Gasteiger partial charge in [-0.25, -0.2) is 0 Å². The van der Waals surface area contributed by atoms with Gasteiger partial charge >= 0.3 is 5.97 Å². The first-order valence-electron chi connectivity index (χ1n) is 8.59. The Morgan fingerprint density at radius 1 is 1.26 bits per heavy atom. The molecule has 1 unspecified atom stereocenters. The number of morpholine rings is 1. The Morgan fingerprint density at radius 3 is 2.63 bits per heavy atom. The highest BCUT2D eigenvalue weighted by atomic mass is 35.5. The SMILES string of the molecule is O=C(O)CCN1CCOC(c2ccc(OCc3c(Cl)cncc3Cl)cc2)C1. The van der Waals surface area contributed by atoms with E-state index < -0.39 is 5.97 Å². The average molecular weight is 411 g/mol. The van der Waals surface area contributed by atoms with E-state index in [1.54, 1.807) is 0 Å². The van der Waals surface area contributed by atoms with Gasteiger partial charge in [-0.1, -0.05) is 35.3 Å². The Kier molecular flexibility index (Phi) is 6.90. The zero-order valence-electron chi connectivity index (χ0n) is 14.6. The van der Waals surface area contributed by atoms with E-state index in [0.29, 0.717) is 41.1 Å². The molecule has 144 valence electrons. The summed E-state index contributed by atoms with van der Waals surface area (Å²) in [5.74, 6) is -0.0878. The highest BCUT2D eigenvalue weighted by Gasteiger charge is 2.22. The molecule has 3 rings (SSSR count). The number of benzene rings is 1. The average Bonchev–Trinajstić information content (AvgIpc) is 2.67. The van der Waals surface area contributed by atoms with E-state index in [0.717, 1.165) is 12.1 Å². The van der Waals surface area contributed by atoms with Crippen LogP contribution in [-0.2, 0) is 16.1 Å². The van der Waals surface area contributed by atoms with Gasteiger partial charge in [0.1, 0.15) is 12.4 Å². The molecular weight excluding hydrogens is 391 g/mol. The molecule has 2 aromatic rings. The Labute approximate surface area is 167 Å². The van der Waals surface area contributed by atoms with E-state index in [2.05, 4.69) is 9.88 Å². The number of aromatic nitrogens is 1. The zero-order chi connectivity index (χ0) is 19.2. The lowest BCUT2D eigenvalue weighted by molar-refractivity contribution is -0.137. The number of carboxylic acids is 1. The summed E-state index contributed by atoms with van der Waals surface area (Å²) in [6, 6.07) is 7.66. The van der Waals surface area contributed by atoms with Gasteiger partial charge in [0, 0.05) is 37.6 Å². The highest BCUT2D eigenvalue weighted by molar-refractivity contribution is 6.35. The molecule has 1 fully saturated rings. The summed E-state index contributed by atoms with van der Waals surface area (Å²) in [4.78, 5) is 16.8. The maximum absolute atomic E-state index is 10.7. The predicted molar refractivity (Wildman–Crippen MR) is 102 cm³/mol. The number of ether oxygens (including phenoxy) is 2. The fraction of sp³-hybridized carbons (Fsp3) is 0.368. The van der Waals surface area contributed by atoms with Gasteiger partial charge in [0.05, 0.1) is 29.2 Å². The number of hydrogen-bond donors (Lipinski definition) is 1. The monoisotopic (exact) mass is 410 g/mol. The fourth-order valence-corrected chi connectivity index (χ4v) is 3.34. The molecule has 1 saturated heterocycles. The first kappa shape index (κ1) is 19.9.